The molecule has 0 aliphatic rings. The fraction of sp³-hybridized carbons (Fsp3) is 0.133. The molecule has 2 aromatic rings. The van der Waals surface area contributed by atoms with E-state index in [0.717, 1.165) is 18.1 Å². The molecule has 0 fully saturated rings. The minimum absolute atomic E-state index is 0.0367. The molecule has 0 radical (unpaired) electrons. The molecule has 104 valence electrons. The third kappa shape index (κ3) is 4.05. The zero-order chi connectivity index (χ0) is 14.7. The molecule has 1 N–H and O–H groups in total. The van der Waals surface area contributed by atoms with Gasteiger partial charge in [-0.15, -0.1) is 0 Å². The van der Waals surface area contributed by atoms with E-state index in [-0.39, 0.29) is 11.9 Å². The smallest absolute Gasteiger partial charge is 0.252 e. The molecule has 0 aliphatic heterocycles. The summed E-state index contributed by atoms with van der Waals surface area (Å²) in [7, 11) is 0. The van der Waals surface area contributed by atoms with Gasteiger partial charge >= 0.3 is 0 Å². The highest BCUT2D eigenvalue weighted by atomic mass is 127. The number of halogens is 3. The number of rotatable bonds is 3. The van der Waals surface area contributed by atoms with Crippen molar-refractivity contribution in [3.8, 4) is 0 Å². The Balaban J connectivity index is 2.15. The fourth-order valence-corrected chi connectivity index (χ4v) is 2.99. The third-order valence-electron chi connectivity index (χ3n) is 2.89. The maximum absolute atomic E-state index is 12.3. The number of nitrogens with one attached hydrogen (secondary N) is 1. The first kappa shape index (κ1) is 16.0. The maximum Gasteiger partial charge on any atom is 0.252 e. The Morgan fingerprint density at radius 1 is 1.10 bits per heavy atom. The quantitative estimate of drug-likeness (QED) is 0.560. The summed E-state index contributed by atoms with van der Waals surface area (Å²) in [5, 5.41) is 3.02. The van der Waals surface area contributed by atoms with Gasteiger partial charge in [-0.3, -0.25) is 4.79 Å². The molecule has 20 heavy (non-hydrogen) atoms. The summed E-state index contributed by atoms with van der Waals surface area (Å²) in [5.74, 6) is -0.0638. The summed E-state index contributed by atoms with van der Waals surface area (Å²) in [4.78, 5) is 12.3. The molecule has 0 saturated carbocycles. The van der Waals surface area contributed by atoms with Crippen LogP contribution in [-0.4, -0.2) is 5.91 Å². The van der Waals surface area contributed by atoms with Crippen molar-refractivity contribution in [3.05, 3.63) is 66.1 Å². The summed E-state index contributed by atoms with van der Waals surface area (Å²) in [6, 6.07) is 13.6. The minimum Gasteiger partial charge on any atom is -0.345 e. The van der Waals surface area contributed by atoms with E-state index in [0.29, 0.717) is 5.56 Å². The van der Waals surface area contributed by atoms with Crippen LogP contribution >= 0.6 is 54.5 Å². The molecular weight excluding hydrogens is 497 g/mol. The van der Waals surface area contributed by atoms with Crippen molar-refractivity contribution in [3.63, 3.8) is 0 Å². The minimum atomic E-state index is -0.0638. The van der Waals surface area contributed by atoms with Crippen LogP contribution in [0.25, 0.3) is 0 Å². The van der Waals surface area contributed by atoms with E-state index in [2.05, 4.69) is 59.8 Å². The largest absolute Gasteiger partial charge is 0.345 e. The SMILES string of the molecule is C[C@H](NC(=O)c1cc(Br)ccc1I)c1ccc(Br)cc1. The van der Waals surface area contributed by atoms with Crippen molar-refractivity contribution < 1.29 is 4.79 Å². The van der Waals surface area contributed by atoms with Crippen LogP contribution in [0.3, 0.4) is 0 Å². The van der Waals surface area contributed by atoms with Gasteiger partial charge in [0.05, 0.1) is 11.6 Å². The first-order valence-corrected chi connectivity index (χ1v) is 8.65. The Labute approximate surface area is 148 Å². The van der Waals surface area contributed by atoms with Crippen molar-refractivity contribution in [1.29, 1.82) is 0 Å². The van der Waals surface area contributed by atoms with E-state index in [1.807, 2.05) is 49.4 Å². The molecule has 2 rings (SSSR count). The van der Waals surface area contributed by atoms with Gasteiger partial charge < -0.3 is 5.32 Å². The Hall–Kier alpha value is -0.400. The Morgan fingerprint density at radius 3 is 2.35 bits per heavy atom. The van der Waals surface area contributed by atoms with Crippen molar-refractivity contribution in [2.45, 2.75) is 13.0 Å². The molecule has 0 heterocycles. The molecular formula is C15H12Br2INO. The van der Waals surface area contributed by atoms with E-state index in [9.17, 15) is 4.79 Å². The Morgan fingerprint density at radius 2 is 1.70 bits per heavy atom. The first-order chi connectivity index (χ1) is 9.47. The summed E-state index contributed by atoms with van der Waals surface area (Å²) < 4.78 is 2.87. The molecule has 2 aromatic carbocycles. The average molecular weight is 509 g/mol. The monoisotopic (exact) mass is 507 g/mol. The van der Waals surface area contributed by atoms with Crippen molar-refractivity contribution in [1.82, 2.24) is 5.32 Å². The molecule has 0 unspecified atom stereocenters. The highest BCUT2D eigenvalue weighted by Gasteiger charge is 2.14. The fourth-order valence-electron chi connectivity index (χ4n) is 1.78. The lowest BCUT2D eigenvalue weighted by Gasteiger charge is -2.15. The summed E-state index contributed by atoms with van der Waals surface area (Å²) in [5.41, 5.74) is 1.76. The summed E-state index contributed by atoms with van der Waals surface area (Å²) in [6.07, 6.45) is 0. The lowest BCUT2D eigenvalue weighted by Crippen LogP contribution is -2.27. The van der Waals surface area contributed by atoms with Gasteiger partial charge in [0.1, 0.15) is 0 Å². The number of hydrogen-bond donors (Lipinski definition) is 1. The van der Waals surface area contributed by atoms with Gasteiger partial charge in [0.2, 0.25) is 0 Å². The van der Waals surface area contributed by atoms with Crippen molar-refractivity contribution >= 4 is 60.4 Å². The molecule has 0 saturated heterocycles. The van der Waals surface area contributed by atoms with E-state index in [1.54, 1.807) is 0 Å². The number of carbonyl (C=O) groups is 1. The van der Waals surface area contributed by atoms with E-state index in [1.165, 1.54) is 0 Å². The molecule has 5 heteroatoms. The second-order valence-corrected chi connectivity index (χ2v) is 7.36. The molecule has 0 aromatic heterocycles. The van der Waals surface area contributed by atoms with E-state index in [4.69, 9.17) is 0 Å². The van der Waals surface area contributed by atoms with Gasteiger partial charge in [-0.1, -0.05) is 44.0 Å². The second-order valence-electron chi connectivity index (χ2n) is 4.37. The molecule has 1 atom stereocenters. The highest BCUT2D eigenvalue weighted by molar-refractivity contribution is 14.1. The van der Waals surface area contributed by atoms with Gasteiger partial charge in [0, 0.05) is 12.5 Å². The maximum atomic E-state index is 12.3. The van der Waals surface area contributed by atoms with Crippen LogP contribution in [0.2, 0.25) is 0 Å². The zero-order valence-corrected chi connectivity index (χ0v) is 16.0. The Bertz CT molecular complexity index is 628. The van der Waals surface area contributed by atoms with Gasteiger partial charge in [0.15, 0.2) is 0 Å². The van der Waals surface area contributed by atoms with Crippen molar-refractivity contribution in [2.24, 2.45) is 0 Å². The van der Waals surface area contributed by atoms with Crippen LogP contribution in [0.4, 0.5) is 0 Å². The van der Waals surface area contributed by atoms with Gasteiger partial charge in [0.25, 0.3) is 5.91 Å². The Kier molecular flexibility index (Phi) is 5.63. The van der Waals surface area contributed by atoms with Crippen LogP contribution in [0.15, 0.2) is 51.4 Å². The standard InChI is InChI=1S/C15H12Br2INO/c1-9(10-2-4-11(16)5-3-10)19-15(20)13-8-12(17)6-7-14(13)18/h2-9H,1H3,(H,19,20)/t9-/m0/s1. The average Bonchev–Trinajstić information content (AvgIpc) is 2.42. The normalized spacial score (nSPS) is 12.0. The number of amides is 1. The van der Waals surface area contributed by atoms with Gasteiger partial charge in [-0.25, -0.2) is 0 Å². The van der Waals surface area contributed by atoms with Crippen LogP contribution in [0.5, 0.6) is 0 Å². The van der Waals surface area contributed by atoms with E-state index < -0.39 is 0 Å². The number of hydrogen-bond acceptors (Lipinski definition) is 1. The first-order valence-electron chi connectivity index (χ1n) is 5.99. The van der Waals surface area contributed by atoms with Crippen LogP contribution < -0.4 is 5.32 Å². The van der Waals surface area contributed by atoms with Crippen LogP contribution in [0.1, 0.15) is 28.9 Å². The van der Waals surface area contributed by atoms with Gasteiger partial charge in [-0.05, 0) is 65.4 Å². The summed E-state index contributed by atoms with van der Waals surface area (Å²) >= 11 is 8.97. The molecule has 0 aliphatic carbocycles. The topological polar surface area (TPSA) is 29.1 Å². The molecule has 2 nitrogen and oxygen atoms in total. The predicted octanol–water partition coefficient (Wildman–Crippen LogP) is 5.31. The van der Waals surface area contributed by atoms with Crippen LogP contribution in [-0.2, 0) is 0 Å². The van der Waals surface area contributed by atoms with Crippen LogP contribution in [0, 0.1) is 3.57 Å². The predicted molar refractivity (Wildman–Crippen MR) is 96.9 cm³/mol. The highest BCUT2D eigenvalue weighted by Crippen LogP contribution is 2.21. The zero-order valence-electron chi connectivity index (χ0n) is 10.7. The van der Waals surface area contributed by atoms with Crippen molar-refractivity contribution in [2.75, 3.05) is 0 Å². The third-order valence-corrected chi connectivity index (χ3v) is 4.85. The number of carbonyl (C=O) groups excluding carboxylic acids is 1. The van der Waals surface area contributed by atoms with Gasteiger partial charge in [-0.2, -0.15) is 0 Å². The molecule has 1 amide bonds. The lowest BCUT2D eigenvalue weighted by molar-refractivity contribution is 0.0939. The molecule has 0 spiro atoms. The lowest BCUT2D eigenvalue weighted by atomic mass is 10.1. The second kappa shape index (κ2) is 7.04. The van der Waals surface area contributed by atoms with E-state index >= 15 is 0 Å². The number of benzene rings is 2. The summed E-state index contributed by atoms with van der Waals surface area (Å²) in [6.45, 7) is 1.98. The molecule has 0 bridgehead atoms.